The van der Waals surface area contributed by atoms with E-state index in [0.29, 0.717) is 6.04 Å². The van der Waals surface area contributed by atoms with Crippen molar-refractivity contribution in [3.8, 4) is 5.75 Å². The Morgan fingerprint density at radius 2 is 1.97 bits per heavy atom. The van der Waals surface area contributed by atoms with Gasteiger partial charge in [-0.2, -0.15) is 0 Å². The van der Waals surface area contributed by atoms with Crippen LogP contribution < -0.4 is 15.4 Å². The average molecular weight is 400 g/mol. The van der Waals surface area contributed by atoms with Crippen LogP contribution in [0.5, 0.6) is 5.75 Å². The minimum atomic E-state index is 0.312. The fourth-order valence-corrected chi connectivity index (χ4v) is 3.79. The van der Waals surface area contributed by atoms with Gasteiger partial charge in [0, 0.05) is 33.1 Å². The molecule has 3 rings (SSSR count). The van der Waals surface area contributed by atoms with Gasteiger partial charge in [0.1, 0.15) is 17.9 Å². The lowest BCUT2D eigenvalue weighted by molar-refractivity contribution is 0.245. The maximum atomic E-state index is 5.31. The van der Waals surface area contributed by atoms with Gasteiger partial charge in [-0.05, 0) is 43.6 Å². The van der Waals surface area contributed by atoms with Crippen molar-refractivity contribution in [3.05, 3.63) is 42.0 Å². The lowest BCUT2D eigenvalue weighted by Crippen LogP contribution is -2.43. The maximum absolute atomic E-state index is 5.31. The number of aryl methyl sites for hydroxylation is 1. The molecule has 0 spiro atoms. The van der Waals surface area contributed by atoms with Gasteiger partial charge < -0.3 is 19.9 Å². The minimum Gasteiger partial charge on any atom is -0.497 e. The summed E-state index contributed by atoms with van der Waals surface area (Å²) in [5.74, 6) is 2.71. The van der Waals surface area contributed by atoms with E-state index in [1.807, 2.05) is 19.2 Å². The zero-order valence-electron chi connectivity index (χ0n) is 17.8. The molecule has 8 heteroatoms. The molecule has 2 heterocycles. The highest BCUT2D eigenvalue weighted by molar-refractivity contribution is 5.79. The number of methoxy groups -OCH3 is 1. The van der Waals surface area contributed by atoms with Crippen LogP contribution in [0.15, 0.2) is 35.6 Å². The molecule has 0 aliphatic carbocycles. The van der Waals surface area contributed by atoms with Gasteiger partial charge >= 0.3 is 0 Å². The summed E-state index contributed by atoms with van der Waals surface area (Å²) in [6, 6.07) is 8.72. The summed E-state index contributed by atoms with van der Waals surface area (Å²) in [5, 5.41) is 15.0. The topological polar surface area (TPSA) is 79.6 Å². The van der Waals surface area contributed by atoms with Crippen LogP contribution in [0.2, 0.25) is 0 Å². The van der Waals surface area contributed by atoms with Crippen LogP contribution in [0, 0.1) is 0 Å². The smallest absolute Gasteiger partial charge is 0.191 e. The van der Waals surface area contributed by atoms with Gasteiger partial charge in [0.15, 0.2) is 5.96 Å². The largest absolute Gasteiger partial charge is 0.497 e. The molecule has 0 bridgehead atoms. The summed E-state index contributed by atoms with van der Waals surface area (Å²) < 4.78 is 7.39. The van der Waals surface area contributed by atoms with E-state index in [1.54, 1.807) is 13.4 Å². The molecule has 2 aromatic rings. The third kappa shape index (κ3) is 5.69. The molecule has 1 fully saturated rings. The molecule has 0 radical (unpaired) electrons. The summed E-state index contributed by atoms with van der Waals surface area (Å²) in [4.78, 5) is 6.93. The number of nitrogens with zero attached hydrogens (tertiary/aromatic N) is 5. The minimum absolute atomic E-state index is 0.312. The van der Waals surface area contributed by atoms with Crippen LogP contribution in [-0.2, 0) is 13.0 Å². The molecule has 8 nitrogen and oxygen atoms in total. The number of benzene rings is 1. The molecule has 2 N–H and O–H groups in total. The summed E-state index contributed by atoms with van der Waals surface area (Å²) in [6.45, 7) is 6.74. The van der Waals surface area contributed by atoms with E-state index in [1.165, 1.54) is 18.4 Å². The number of ether oxygens (including phenoxy) is 1. The Kier molecular flexibility index (Phi) is 7.86. The van der Waals surface area contributed by atoms with Crippen LogP contribution >= 0.6 is 0 Å². The second-order valence-corrected chi connectivity index (χ2v) is 7.21. The quantitative estimate of drug-likeness (QED) is 0.495. The van der Waals surface area contributed by atoms with Crippen LogP contribution in [0.1, 0.15) is 37.2 Å². The highest BCUT2D eigenvalue weighted by Crippen LogP contribution is 2.26. The lowest BCUT2D eigenvalue weighted by Gasteiger charge is -2.29. The highest BCUT2D eigenvalue weighted by Gasteiger charge is 2.23. The van der Waals surface area contributed by atoms with E-state index in [9.17, 15) is 0 Å². The lowest BCUT2D eigenvalue weighted by atomic mass is 10.1. The maximum Gasteiger partial charge on any atom is 0.191 e. The van der Waals surface area contributed by atoms with Crippen molar-refractivity contribution in [2.75, 3.05) is 40.3 Å². The molecule has 0 saturated carbocycles. The first-order chi connectivity index (χ1) is 14.2. The van der Waals surface area contributed by atoms with Crippen molar-refractivity contribution in [1.29, 1.82) is 0 Å². The Balaban J connectivity index is 1.56. The van der Waals surface area contributed by atoms with Gasteiger partial charge in [0.2, 0.25) is 0 Å². The van der Waals surface area contributed by atoms with E-state index in [2.05, 4.69) is 54.3 Å². The molecule has 1 saturated heterocycles. The molecular formula is C21H33N7O. The zero-order valence-corrected chi connectivity index (χ0v) is 17.8. The SMILES string of the molecule is CCc1nncn1CCNC(=NC)NCC(c1ccc(OC)cc1)N1CCCC1. The Labute approximate surface area is 173 Å². The Morgan fingerprint density at radius 3 is 2.62 bits per heavy atom. The van der Waals surface area contributed by atoms with Gasteiger partial charge in [0.05, 0.1) is 13.2 Å². The fourth-order valence-electron chi connectivity index (χ4n) is 3.79. The van der Waals surface area contributed by atoms with Crippen LogP contribution in [0.4, 0.5) is 0 Å². The van der Waals surface area contributed by atoms with Crippen molar-refractivity contribution in [1.82, 2.24) is 30.3 Å². The van der Waals surface area contributed by atoms with Gasteiger partial charge in [-0.3, -0.25) is 9.89 Å². The Hall–Kier alpha value is -2.61. The predicted molar refractivity (Wildman–Crippen MR) is 115 cm³/mol. The number of hydrogen-bond donors (Lipinski definition) is 2. The van der Waals surface area contributed by atoms with Crippen molar-refractivity contribution >= 4 is 5.96 Å². The monoisotopic (exact) mass is 399 g/mol. The first-order valence-corrected chi connectivity index (χ1v) is 10.4. The summed E-state index contributed by atoms with van der Waals surface area (Å²) in [7, 11) is 3.51. The average Bonchev–Trinajstić information content (AvgIpc) is 3.45. The number of rotatable bonds is 9. The van der Waals surface area contributed by atoms with Crippen LogP contribution in [-0.4, -0.2) is 66.0 Å². The number of aromatic nitrogens is 3. The van der Waals surface area contributed by atoms with Crippen LogP contribution in [0.3, 0.4) is 0 Å². The van der Waals surface area contributed by atoms with E-state index < -0.39 is 0 Å². The van der Waals surface area contributed by atoms with E-state index >= 15 is 0 Å². The van der Waals surface area contributed by atoms with Crippen LogP contribution in [0.25, 0.3) is 0 Å². The van der Waals surface area contributed by atoms with Crippen molar-refractivity contribution < 1.29 is 4.74 Å². The molecule has 29 heavy (non-hydrogen) atoms. The predicted octanol–water partition coefficient (Wildman–Crippen LogP) is 1.85. The third-order valence-corrected chi connectivity index (χ3v) is 5.43. The molecule has 1 aliphatic rings. The summed E-state index contributed by atoms with van der Waals surface area (Å²) in [5.41, 5.74) is 1.30. The molecule has 1 aromatic heterocycles. The van der Waals surface area contributed by atoms with E-state index in [0.717, 1.165) is 56.7 Å². The van der Waals surface area contributed by atoms with Gasteiger partial charge in [-0.25, -0.2) is 0 Å². The van der Waals surface area contributed by atoms with Crippen molar-refractivity contribution in [3.63, 3.8) is 0 Å². The second-order valence-electron chi connectivity index (χ2n) is 7.21. The van der Waals surface area contributed by atoms with Gasteiger partial charge in [-0.1, -0.05) is 19.1 Å². The number of aliphatic imine (C=N–C) groups is 1. The molecule has 1 atom stereocenters. The zero-order chi connectivity index (χ0) is 20.5. The summed E-state index contributed by atoms with van der Waals surface area (Å²) >= 11 is 0. The number of guanidine groups is 1. The number of hydrogen-bond acceptors (Lipinski definition) is 5. The first-order valence-electron chi connectivity index (χ1n) is 10.4. The van der Waals surface area contributed by atoms with Gasteiger partial charge in [-0.15, -0.1) is 10.2 Å². The standard InChI is InChI=1S/C21H33N7O/c1-4-20-26-25-16-28(20)14-11-23-21(22-2)24-15-19(27-12-5-6-13-27)17-7-9-18(29-3)10-8-17/h7-10,16,19H,4-6,11-15H2,1-3H3,(H2,22,23,24). The van der Waals surface area contributed by atoms with E-state index in [4.69, 9.17) is 4.74 Å². The molecule has 158 valence electrons. The third-order valence-electron chi connectivity index (χ3n) is 5.43. The number of likely N-dealkylation sites (tertiary alicyclic amines) is 1. The van der Waals surface area contributed by atoms with Gasteiger partial charge in [0.25, 0.3) is 0 Å². The molecule has 1 unspecified atom stereocenters. The highest BCUT2D eigenvalue weighted by atomic mass is 16.5. The first kappa shape index (κ1) is 21.1. The molecular weight excluding hydrogens is 366 g/mol. The number of nitrogens with one attached hydrogen (secondary N) is 2. The fraction of sp³-hybridized carbons (Fsp3) is 0.571. The summed E-state index contributed by atoms with van der Waals surface area (Å²) in [6.07, 6.45) is 5.19. The van der Waals surface area contributed by atoms with Crippen molar-refractivity contribution in [2.45, 2.75) is 38.8 Å². The molecule has 0 amide bonds. The Morgan fingerprint density at radius 1 is 1.21 bits per heavy atom. The van der Waals surface area contributed by atoms with E-state index in [-0.39, 0.29) is 0 Å². The molecule has 1 aliphatic heterocycles. The Bertz CT molecular complexity index is 766. The normalized spacial score (nSPS) is 16.0. The van der Waals surface area contributed by atoms with Crippen molar-refractivity contribution in [2.24, 2.45) is 4.99 Å². The molecule has 1 aromatic carbocycles. The second kappa shape index (κ2) is 10.8.